The van der Waals surface area contributed by atoms with Gasteiger partial charge in [-0.1, -0.05) is 42.1 Å². The zero-order chi connectivity index (χ0) is 16.1. The van der Waals surface area contributed by atoms with Gasteiger partial charge in [-0.2, -0.15) is 9.78 Å². The number of carbonyl (C=O) groups is 2. The van der Waals surface area contributed by atoms with Gasteiger partial charge in [0.1, 0.15) is 16.4 Å². The molecule has 0 aliphatic carbocycles. The number of amides is 1. The van der Waals surface area contributed by atoms with Gasteiger partial charge in [0.15, 0.2) is 0 Å². The van der Waals surface area contributed by atoms with Gasteiger partial charge in [-0.05, 0) is 12.5 Å². The van der Waals surface area contributed by atoms with Crippen LogP contribution in [0.3, 0.4) is 0 Å². The molecule has 0 aliphatic rings. The Kier molecular flexibility index (Phi) is 5.05. The number of nitrogens with zero attached hydrogens (tertiary/aromatic N) is 2. The molecule has 0 aliphatic heterocycles. The lowest BCUT2D eigenvalue weighted by molar-refractivity contribution is 0.0523. The van der Waals surface area contributed by atoms with Crippen LogP contribution in [0.2, 0.25) is 0 Å². The van der Waals surface area contributed by atoms with E-state index in [9.17, 15) is 9.59 Å². The van der Waals surface area contributed by atoms with E-state index < -0.39 is 12.0 Å². The second-order valence-electron chi connectivity index (χ2n) is 4.31. The number of primary amides is 1. The van der Waals surface area contributed by atoms with Crippen LogP contribution in [0.15, 0.2) is 35.4 Å². The predicted molar refractivity (Wildman–Crippen MR) is 83.6 cm³/mol. The SMILES string of the molecule is CCOC(=O)c1c(SCc2ccccc2)nn(C(N)=O)c1N. The van der Waals surface area contributed by atoms with E-state index in [1.54, 1.807) is 6.92 Å². The number of anilines is 1. The summed E-state index contributed by atoms with van der Waals surface area (Å²) in [5, 5.41) is 4.33. The third kappa shape index (κ3) is 3.40. The summed E-state index contributed by atoms with van der Waals surface area (Å²) in [6.45, 7) is 1.88. The highest BCUT2D eigenvalue weighted by molar-refractivity contribution is 7.98. The molecule has 1 amide bonds. The number of rotatable bonds is 5. The molecule has 8 heteroatoms. The van der Waals surface area contributed by atoms with Crippen molar-refractivity contribution in [2.75, 3.05) is 12.3 Å². The first kappa shape index (κ1) is 15.9. The predicted octanol–water partition coefficient (Wildman–Crippen LogP) is 1.86. The van der Waals surface area contributed by atoms with Crippen molar-refractivity contribution in [2.45, 2.75) is 17.7 Å². The van der Waals surface area contributed by atoms with E-state index in [4.69, 9.17) is 16.2 Å². The molecule has 22 heavy (non-hydrogen) atoms. The van der Waals surface area contributed by atoms with Crippen molar-refractivity contribution < 1.29 is 14.3 Å². The number of aromatic nitrogens is 2. The first-order valence-electron chi connectivity index (χ1n) is 6.56. The Morgan fingerprint density at radius 2 is 2.00 bits per heavy atom. The molecule has 2 aromatic rings. The van der Waals surface area contributed by atoms with Crippen molar-refractivity contribution in [3.8, 4) is 0 Å². The van der Waals surface area contributed by atoms with Crippen molar-refractivity contribution in [3.05, 3.63) is 41.5 Å². The fraction of sp³-hybridized carbons (Fsp3) is 0.214. The maximum absolute atomic E-state index is 12.0. The van der Waals surface area contributed by atoms with Crippen LogP contribution in [0, 0.1) is 0 Å². The second kappa shape index (κ2) is 6.99. The minimum atomic E-state index is -0.852. The average molecular weight is 320 g/mol. The average Bonchev–Trinajstić information content (AvgIpc) is 2.83. The Hall–Kier alpha value is -2.48. The van der Waals surface area contributed by atoms with Crippen LogP contribution in [0.4, 0.5) is 10.6 Å². The van der Waals surface area contributed by atoms with Gasteiger partial charge in [0.2, 0.25) is 0 Å². The highest BCUT2D eigenvalue weighted by atomic mass is 32.2. The van der Waals surface area contributed by atoms with Crippen LogP contribution >= 0.6 is 11.8 Å². The molecule has 116 valence electrons. The van der Waals surface area contributed by atoms with Gasteiger partial charge in [0.05, 0.1) is 6.61 Å². The largest absolute Gasteiger partial charge is 0.462 e. The van der Waals surface area contributed by atoms with Crippen molar-refractivity contribution in [2.24, 2.45) is 5.73 Å². The Morgan fingerprint density at radius 1 is 1.32 bits per heavy atom. The van der Waals surface area contributed by atoms with E-state index in [1.807, 2.05) is 30.3 Å². The molecular formula is C14H16N4O3S. The van der Waals surface area contributed by atoms with E-state index >= 15 is 0 Å². The third-order valence-corrected chi connectivity index (χ3v) is 3.83. The van der Waals surface area contributed by atoms with E-state index in [1.165, 1.54) is 11.8 Å². The summed E-state index contributed by atoms with van der Waals surface area (Å²) in [4.78, 5) is 23.3. The highest BCUT2D eigenvalue weighted by Crippen LogP contribution is 2.29. The number of nitrogen functional groups attached to an aromatic ring is 1. The van der Waals surface area contributed by atoms with Gasteiger partial charge >= 0.3 is 12.0 Å². The topological polar surface area (TPSA) is 113 Å². The summed E-state index contributed by atoms with van der Waals surface area (Å²) < 4.78 is 5.76. The van der Waals surface area contributed by atoms with Crippen LogP contribution < -0.4 is 11.5 Å². The normalized spacial score (nSPS) is 10.4. The molecule has 0 radical (unpaired) electrons. The molecule has 7 nitrogen and oxygen atoms in total. The number of hydrogen-bond acceptors (Lipinski definition) is 6. The van der Waals surface area contributed by atoms with E-state index in [-0.39, 0.29) is 18.0 Å². The molecule has 1 aromatic carbocycles. The summed E-state index contributed by atoms with van der Waals surface area (Å²) in [5.41, 5.74) is 12.1. The van der Waals surface area contributed by atoms with E-state index in [2.05, 4.69) is 5.10 Å². The minimum absolute atomic E-state index is 0.0709. The molecule has 1 aromatic heterocycles. The minimum Gasteiger partial charge on any atom is -0.462 e. The van der Waals surface area contributed by atoms with Crippen molar-refractivity contribution in [1.29, 1.82) is 0 Å². The maximum atomic E-state index is 12.0. The van der Waals surface area contributed by atoms with Gasteiger partial charge in [-0.15, -0.1) is 0 Å². The van der Waals surface area contributed by atoms with E-state index in [0.29, 0.717) is 10.8 Å². The number of benzene rings is 1. The molecule has 0 saturated heterocycles. The van der Waals surface area contributed by atoms with Crippen LogP contribution in [-0.4, -0.2) is 28.4 Å². The molecule has 0 spiro atoms. The number of esters is 1. The summed E-state index contributed by atoms with van der Waals surface area (Å²) in [6.07, 6.45) is 0. The Balaban J connectivity index is 2.30. The van der Waals surface area contributed by atoms with Gasteiger partial charge < -0.3 is 16.2 Å². The molecule has 4 N–H and O–H groups in total. The number of carbonyl (C=O) groups excluding carboxylic acids is 2. The fourth-order valence-electron chi connectivity index (χ4n) is 1.80. The van der Waals surface area contributed by atoms with Gasteiger partial charge in [0.25, 0.3) is 0 Å². The standard InChI is InChI=1S/C14H16N4O3S/c1-2-21-13(19)10-11(15)18(14(16)20)17-12(10)22-8-9-6-4-3-5-7-9/h3-7H,2,8,15H2,1H3,(H2,16,20). The van der Waals surface area contributed by atoms with Gasteiger partial charge in [0, 0.05) is 5.75 Å². The smallest absolute Gasteiger partial charge is 0.344 e. The lowest BCUT2D eigenvalue weighted by atomic mass is 10.2. The molecule has 0 atom stereocenters. The van der Waals surface area contributed by atoms with Crippen molar-refractivity contribution in [1.82, 2.24) is 9.78 Å². The zero-order valence-corrected chi connectivity index (χ0v) is 12.8. The number of nitrogens with two attached hydrogens (primary N) is 2. The lowest BCUT2D eigenvalue weighted by Gasteiger charge is -2.03. The molecule has 0 bridgehead atoms. The van der Waals surface area contributed by atoms with Crippen molar-refractivity contribution >= 4 is 29.6 Å². The molecule has 0 saturated carbocycles. The van der Waals surface area contributed by atoms with Gasteiger partial charge in [-0.3, -0.25) is 0 Å². The summed E-state index contributed by atoms with van der Waals surface area (Å²) in [6, 6.07) is 8.79. The van der Waals surface area contributed by atoms with Crippen LogP contribution in [0.5, 0.6) is 0 Å². The van der Waals surface area contributed by atoms with E-state index in [0.717, 1.165) is 10.2 Å². The zero-order valence-electron chi connectivity index (χ0n) is 12.0. The molecule has 0 unspecified atom stereocenters. The molecule has 2 rings (SSSR count). The summed E-state index contributed by atoms with van der Waals surface area (Å²) in [7, 11) is 0. The second-order valence-corrected chi connectivity index (χ2v) is 5.27. The summed E-state index contributed by atoms with van der Waals surface area (Å²) in [5.74, 6) is -0.160. The fourth-order valence-corrected chi connectivity index (χ4v) is 2.77. The quantitative estimate of drug-likeness (QED) is 0.642. The highest BCUT2D eigenvalue weighted by Gasteiger charge is 2.25. The summed E-state index contributed by atoms with van der Waals surface area (Å²) >= 11 is 1.29. The first-order chi connectivity index (χ1) is 10.5. The Bertz CT molecular complexity index is 685. The van der Waals surface area contributed by atoms with Crippen LogP contribution in [-0.2, 0) is 10.5 Å². The van der Waals surface area contributed by atoms with Gasteiger partial charge in [-0.25, -0.2) is 9.59 Å². The molecule has 1 heterocycles. The van der Waals surface area contributed by atoms with Crippen molar-refractivity contribution in [3.63, 3.8) is 0 Å². The van der Waals surface area contributed by atoms with Crippen LogP contribution in [0.25, 0.3) is 0 Å². The van der Waals surface area contributed by atoms with Crippen LogP contribution in [0.1, 0.15) is 22.8 Å². The molecule has 0 fully saturated rings. The lowest BCUT2D eigenvalue weighted by Crippen LogP contribution is -2.23. The Morgan fingerprint density at radius 3 is 2.59 bits per heavy atom. The number of hydrogen-bond donors (Lipinski definition) is 2. The monoisotopic (exact) mass is 320 g/mol. The number of ether oxygens (including phenoxy) is 1. The first-order valence-corrected chi connectivity index (χ1v) is 7.55. The maximum Gasteiger partial charge on any atom is 0.344 e. The Labute approximate surface area is 131 Å². The number of thioether (sulfide) groups is 1. The molecular weight excluding hydrogens is 304 g/mol. The third-order valence-electron chi connectivity index (χ3n) is 2.80.